The fourth-order valence-corrected chi connectivity index (χ4v) is 6.17. The van der Waals surface area contributed by atoms with Gasteiger partial charge in [-0.25, -0.2) is 8.42 Å². The second kappa shape index (κ2) is 8.74. The lowest BCUT2D eigenvalue weighted by Crippen LogP contribution is -2.46. The van der Waals surface area contributed by atoms with Crippen molar-refractivity contribution >= 4 is 15.7 Å². The Morgan fingerprint density at radius 2 is 1.80 bits per heavy atom. The average molecular weight is 508 g/mol. The largest absolute Gasteiger partial charge is 0.416 e. The van der Waals surface area contributed by atoms with Gasteiger partial charge in [-0.15, -0.1) is 5.10 Å². The van der Waals surface area contributed by atoms with Gasteiger partial charge in [-0.05, 0) is 65.2 Å². The summed E-state index contributed by atoms with van der Waals surface area (Å²) in [6.45, 7) is 5.47. The van der Waals surface area contributed by atoms with E-state index in [4.69, 9.17) is 0 Å². The molecule has 1 amide bonds. The SMILES string of the molecule is CC(C)c1nnnn1-c1cc(C(=O)NC2(C)CCS(=O)(=O)C2)cc(-c2ccc(C(F)(F)F)cc2)c1. The molecule has 1 aromatic heterocycles. The molecule has 0 bridgehead atoms. The average Bonchev–Trinajstić information content (AvgIpc) is 3.37. The van der Waals surface area contributed by atoms with E-state index < -0.39 is 33.0 Å². The maximum atomic E-state index is 13.2. The van der Waals surface area contributed by atoms with Crippen LogP contribution in [0.4, 0.5) is 13.2 Å². The van der Waals surface area contributed by atoms with E-state index >= 15 is 0 Å². The number of benzene rings is 2. The molecule has 186 valence electrons. The van der Waals surface area contributed by atoms with E-state index in [9.17, 15) is 26.4 Å². The first-order valence-electron chi connectivity index (χ1n) is 10.9. The molecule has 1 unspecified atom stereocenters. The summed E-state index contributed by atoms with van der Waals surface area (Å²) in [6, 6.07) is 9.41. The van der Waals surface area contributed by atoms with E-state index in [2.05, 4.69) is 20.8 Å². The number of amides is 1. The van der Waals surface area contributed by atoms with Gasteiger partial charge in [0.05, 0.1) is 28.3 Å². The second-order valence-corrected chi connectivity index (χ2v) is 11.5. The maximum absolute atomic E-state index is 13.2. The fraction of sp³-hybridized carbons (Fsp3) is 0.391. The Balaban J connectivity index is 1.77. The third-order valence-corrected chi connectivity index (χ3v) is 7.80. The molecule has 0 saturated carbocycles. The zero-order valence-corrected chi connectivity index (χ0v) is 20.1. The van der Waals surface area contributed by atoms with Crippen LogP contribution in [0.5, 0.6) is 0 Å². The lowest BCUT2D eigenvalue weighted by molar-refractivity contribution is -0.137. The monoisotopic (exact) mass is 507 g/mol. The van der Waals surface area contributed by atoms with Crippen molar-refractivity contribution in [2.45, 2.75) is 44.8 Å². The summed E-state index contributed by atoms with van der Waals surface area (Å²) in [5, 5.41) is 14.6. The Bertz CT molecular complexity index is 1370. The number of carbonyl (C=O) groups excluding carboxylic acids is 1. The van der Waals surface area contributed by atoms with Crippen LogP contribution in [0.2, 0.25) is 0 Å². The van der Waals surface area contributed by atoms with Crippen LogP contribution < -0.4 is 5.32 Å². The molecule has 8 nitrogen and oxygen atoms in total. The molecular formula is C23H24F3N5O3S. The van der Waals surface area contributed by atoms with E-state index in [1.165, 1.54) is 16.8 Å². The number of sulfone groups is 1. The number of nitrogens with zero attached hydrogens (tertiary/aromatic N) is 4. The molecule has 0 spiro atoms. The van der Waals surface area contributed by atoms with Crippen LogP contribution in [0.1, 0.15) is 54.9 Å². The molecule has 35 heavy (non-hydrogen) atoms. The van der Waals surface area contributed by atoms with Crippen molar-refractivity contribution in [1.82, 2.24) is 25.5 Å². The minimum atomic E-state index is -4.47. The van der Waals surface area contributed by atoms with E-state index in [1.807, 2.05) is 13.8 Å². The maximum Gasteiger partial charge on any atom is 0.416 e. The van der Waals surface area contributed by atoms with Gasteiger partial charge in [0.1, 0.15) is 0 Å². The number of alkyl halides is 3. The molecule has 1 atom stereocenters. The van der Waals surface area contributed by atoms with Crippen molar-refractivity contribution in [3.05, 3.63) is 59.4 Å². The fourth-order valence-electron chi connectivity index (χ4n) is 4.08. The second-order valence-electron chi connectivity index (χ2n) is 9.30. The summed E-state index contributed by atoms with van der Waals surface area (Å²) >= 11 is 0. The van der Waals surface area contributed by atoms with E-state index in [0.717, 1.165) is 12.1 Å². The minimum absolute atomic E-state index is 0.0109. The van der Waals surface area contributed by atoms with E-state index in [1.54, 1.807) is 25.1 Å². The third-order valence-electron chi connectivity index (χ3n) is 5.90. The molecule has 2 aromatic carbocycles. The molecule has 12 heteroatoms. The normalized spacial score (nSPS) is 19.7. The Labute approximate surface area is 200 Å². The summed E-state index contributed by atoms with van der Waals surface area (Å²) in [4.78, 5) is 13.2. The number of hydrogen-bond acceptors (Lipinski definition) is 6. The number of nitrogens with one attached hydrogen (secondary N) is 1. The third kappa shape index (κ3) is 5.37. The quantitative estimate of drug-likeness (QED) is 0.563. The van der Waals surface area contributed by atoms with Crippen LogP contribution in [-0.2, 0) is 16.0 Å². The van der Waals surface area contributed by atoms with E-state index in [0.29, 0.717) is 22.6 Å². The predicted octanol–water partition coefficient (Wildman–Crippen LogP) is 3.78. The van der Waals surface area contributed by atoms with Crippen LogP contribution in [0, 0.1) is 0 Å². The van der Waals surface area contributed by atoms with Gasteiger partial charge in [-0.1, -0.05) is 26.0 Å². The Morgan fingerprint density at radius 1 is 1.11 bits per heavy atom. The first-order valence-corrected chi connectivity index (χ1v) is 12.7. The molecule has 1 N–H and O–H groups in total. The van der Waals surface area contributed by atoms with Gasteiger partial charge in [0, 0.05) is 11.5 Å². The molecule has 1 aliphatic heterocycles. The number of tetrazole rings is 1. The summed E-state index contributed by atoms with van der Waals surface area (Å²) in [5.41, 5.74) is -0.108. The van der Waals surface area contributed by atoms with Gasteiger partial charge >= 0.3 is 6.18 Å². The summed E-state index contributed by atoms with van der Waals surface area (Å²) < 4.78 is 64.5. The van der Waals surface area contributed by atoms with Gasteiger partial charge in [0.25, 0.3) is 5.91 Å². The summed E-state index contributed by atoms with van der Waals surface area (Å²) in [5.74, 6) is -0.182. The van der Waals surface area contributed by atoms with Crippen LogP contribution in [0.25, 0.3) is 16.8 Å². The lowest BCUT2D eigenvalue weighted by atomic mass is 9.98. The highest BCUT2D eigenvalue weighted by Crippen LogP contribution is 2.32. The topological polar surface area (TPSA) is 107 Å². The standard InChI is InChI=1S/C23H24F3N5O3S/c1-14(2)20-28-29-30-31(20)19-11-16(15-4-6-18(7-5-15)23(24,25)26)10-17(12-19)21(32)27-22(3)8-9-35(33,34)13-22/h4-7,10-12,14H,8-9,13H2,1-3H3,(H,27,32). The molecule has 3 aromatic rings. The zero-order chi connectivity index (χ0) is 25.6. The van der Waals surface area contributed by atoms with Crippen molar-refractivity contribution < 1.29 is 26.4 Å². The van der Waals surface area contributed by atoms with Gasteiger partial charge in [-0.2, -0.15) is 17.9 Å². The predicted molar refractivity (Wildman–Crippen MR) is 123 cm³/mol. The van der Waals surface area contributed by atoms with Gasteiger partial charge in [0.2, 0.25) is 0 Å². The van der Waals surface area contributed by atoms with Crippen molar-refractivity contribution in [3.63, 3.8) is 0 Å². The highest BCUT2D eigenvalue weighted by Gasteiger charge is 2.39. The number of carbonyl (C=O) groups is 1. The van der Waals surface area contributed by atoms with Crippen LogP contribution in [0.3, 0.4) is 0 Å². The molecule has 4 rings (SSSR count). The first-order chi connectivity index (χ1) is 16.3. The highest BCUT2D eigenvalue weighted by molar-refractivity contribution is 7.91. The Morgan fingerprint density at radius 3 is 2.37 bits per heavy atom. The Kier molecular flexibility index (Phi) is 6.20. The van der Waals surface area contributed by atoms with Crippen molar-refractivity contribution in [2.75, 3.05) is 11.5 Å². The molecule has 0 aliphatic carbocycles. The molecule has 1 fully saturated rings. The molecule has 2 heterocycles. The highest BCUT2D eigenvalue weighted by atomic mass is 32.2. The Hall–Kier alpha value is -3.28. The van der Waals surface area contributed by atoms with Gasteiger partial charge in [-0.3, -0.25) is 4.79 Å². The first kappa shape index (κ1) is 24.8. The van der Waals surface area contributed by atoms with Gasteiger partial charge < -0.3 is 5.32 Å². The van der Waals surface area contributed by atoms with Crippen LogP contribution in [-0.4, -0.2) is 51.6 Å². The van der Waals surface area contributed by atoms with Crippen molar-refractivity contribution in [2.24, 2.45) is 0 Å². The van der Waals surface area contributed by atoms with Gasteiger partial charge in [0.15, 0.2) is 15.7 Å². The summed E-state index contributed by atoms with van der Waals surface area (Å²) in [6.07, 6.45) is -4.18. The van der Waals surface area contributed by atoms with Crippen molar-refractivity contribution in [1.29, 1.82) is 0 Å². The number of halogens is 3. The molecule has 0 radical (unpaired) electrons. The summed E-state index contributed by atoms with van der Waals surface area (Å²) in [7, 11) is -3.25. The smallest absolute Gasteiger partial charge is 0.346 e. The van der Waals surface area contributed by atoms with Crippen LogP contribution >= 0.6 is 0 Å². The number of aromatic nitrogens is 4. The number of hydrogen-bond donors (Lipinski definition) is 1. The minimum Gasteiger partial charge on any atom is -0.346 e. The zero-order valence-electron chi connectivity index (χ0n) is 19.3. The van der Waals surface area contributed by atoms with Crippen molar-refractivity contribution in [3.8, 4) is 16.8 Å². The molecular weight excluding hydrogens is 483 g/mol. The molecule has 1 aliphatic rings. The lowest BCUT2D eigenvalue weighted by Gasteiger charge is -2.24. The van der Waals surface area contributed by atoms with E-state index in [-0.39, 0.29) is 29.4 Å². The number of rotatable bonds is 5. The molecule has 1 saturated heterocycles. The van der Waals surface area contributed by atoms with Crippen LogP contribution in [0.15, 0.2) is 42.5 Å².